The molecule has 0 aliphatic heterocycles. The van der Waals surface area contributed by atoms with Crippen molar-refractivity contribution in [1.29, 1.82) is 0 Å². The van der Waals surface area contributed by atoms with Crippen LogP contribution in [0.3, 0.4) is 0 Å². The average molecular weight is 257 g/mol. The molecule has 18 heavy (non-hydrogen) atoms. The molecule has 1 fully saturated rings. The van der Waals surface area contributed by atoms with Crippen molar-refractivity contribution in [3.8, 4) is 0 Å². The highest BCUT2D eigenvalue weighted by molar-refractivity contribution is 4.97. The van der Waals surface area contributed by atoms with Crippen LogP contribution >= 0.6 is 0 Å². The molecule has 0 spiro atoms. The third-order valence-corrected chi connectivity index (χ3v) is 3.48. The summed E-state index contributed by atoms with van der Waals surface area (Å²) in [6.45, 7) is 12.8. The molecule has 4 unspecified atom stereocenters. The van der Waals surface area contributed by atoms with Gasteiger partial charge in [-0.1, -0.05) is 20.8 Å². The van der Waals surface area contributed by atoms with Crippen LogP contribution in [0.15, 0.2) is 0 Å². The molecule has 0 aromatic heterocycles. The van der Waals surface area contributed by atoms with E-state index in [9.17, 15) is 0 Å². The van der Waals surface area contributed by atoms with Crippen molar-refractivity contribution in [2.24, 2.45) is 5.92 Å². The maximum Gasteiger partial charge on any atom is 0.0990 e. The minimum Gasteiger partial charge on any atom is -0.374 e. The summed E-state index contributed by atoms with van der Waals surface area (Å²) in [5.41, 5.74) is 0. The van der Waals surface area contributed by atoms with E-state index in [1.807, 2.05) is 0 Å². The molecule has 1 aliphatic rings. The fourth-order valence-corrected chi connectivity index (χ4v) is 2.68. The molecule has 0 heterocycles. The zero-order valence-corrected chi connectivity index (χ0v) is 12.7. The second kappa shape index (κ2) is 8.13. The normalized spacial score (nSPS) is 29.3. The zero-order chi connectivity index (χ0) is 13.5. The summed E-state index contributed by atoms with van der Waals surface area (Å²) >= 11 is 0. The Morgan fingerprint density at radius 3 is 2.50 bits per heavy atom. The van der Waals surface area contributed by atoms with Gasteiger partial charge < -0.3 is 14.8 Å². The number of hydrogen-bond acceptors (Lipinski definition) is 3. The standard InChI is InChI=1S/C15H31NO2/c1-6-8-16-13-10-14(15(13)17-7-2)18-12(5)9-11(3)4/h11-16H,6-10H2,1-5H3. The predicted octanol–water partition coefficient (Wildman–Crippen LogP) is 2.98. The van der Waals surface area contributed by atoms with E-state index in [1.54, 1.807) is 0 Å². The number of nitrogens with one attached hydrogen (secondary N) is 1. The Morgan fingerprint density at radius 2 is 1.94 bits per heavy atom. The summed E-state index contributed by atoms with van der Waals surface area (Å²) in [6, 6.07) is 0.487. The van der Waals surface area contributed by atoms with Gasteiger partial charge in [0, 0.05) is 12.6 Å². The maximum atomic E-state index is 6.11. The number of ether oxygens (including phenoxy) is 2. The van der Waals surface area contributed by atoms with Crippen molar-refractivity contribution in [2.45, 2.75) is 78.2 Å². The first-order valence-corrected chi connectivity index (χ1v) is 7.58. The molecule has 108 valence electrons. The van der Waals surface area contributed by atoms with Crippen LogP contribution in [0.1, 0.15) is 53.9 Å². The number of rotatable bonds is 9. The van der Waals surface area contributed by atoms with Crippen molar-refractivity contribution in [3.05, 3.63) is 0 Å². The topological polar surface area (TPSA) is 30.5 Å². The molecule has 0 amide bonds. The van der Waals surface area contributed by atoms with Gasteiger partial charge in [0.25, 0.3) is 0 Å². The molecule has 1 saturated carbocycles. The molecular formula is C15H31NO2. The monoisotopic (exact) mass is 257 g/mol. The van der Waals surface area contributed by atoms with Crippen molar-refractivity contribution >= 4 is 0 Å². The van der Waals surface area contributed by atoms with Gasteiger partial charge in [-0.15, -0.1) is 0 Å². The van der Waals surface area contributed by atoms with Crippen LogP contribution in [-0.2, 0) is 9.47 Å². The Bertz CT molecular complexity index is 221. The van der Waals surface area contributed by atoms with Gasteiger partial charge in [-0.05, 0) is 45.6 Å². The maximum absolute atomic E-state index is 6.11. The number of hydrogen-bond donors (Lipinski definition) is 1. The fourth-order valence-electron chi connectivity index (χ4n) is 2.68. The lowest BCUT2D eigenvalue weighted by molar-refractivity contribution is -0.165. The highest BCUT2D eigenvalue weighted by Crippen LogP contribution is 2.29. The van der Waals surface area contributed by atoms with Gasteiger partial charge in [0.15, 0.2) is 0 Å². The third kappa shape index (κ3) is 4.87. The molecule has 0 radical (unpaired) electrons. The van der Waals surface area contributed by atoms with E-state index in [0.29, 0.717) is 18.1 Å². The first-order valence-electron chi connectivity index (χ1n) is 7.58. The van der Waals surface area contributed by atoms with Crippen molar-refractivity contribution < 1.29 is 9.47 Å². The van der Waals surface area contributed by atoms with Gasteiger partial charge in [0.1, 0.15) is 0 Å². The van der Waals surface area contributed by atoms with Crippen LogP contribution in [-0.4, -0.2) is 37.5 Å². The van der Waals surface area contributed by atoms with Crippen LogP contribution < -0.4 is 5.32 Å². The largest absolute Gasteiger partial charge is 0.374 e. The fraction of sp³-hybridized carbons (Fsp3) is 1.00. The molecule has 1 aliphatic carbocycles. The highest BCUT2D eigenvalue weighted by Gasteiger charge is 2.42. The van der Waals surface area contributed by atoms with E-state index in [1.165, 1.54) is 6.42 Å². The Morgan fingerprint density at radius 1 is 1.22 bits per heavy atom. The first-order chi connectivity index (χ1) is 8.58. The molecule has 4 atom stereocenters. The molecule has 0 aromatic rings. The lowest BCUT2D eigenvalue weighted by Gasteiger charge is -2.45. The summed E-state index contributed by atoms with van der Waals surface area (Å²) in [7, 11) is 0. The Labute approximate surface area is 113 Å². The van der Waals surface area contributed by atoms with Crippen molar-refractivity contribution in [3.63, 3.8) is 0 Å². The molecule has 0 aromatic carbocycles. The van der Waals surface area contributed by atoms with Crippen molar-refractivity contribution in [1.82, 2.24) is 5.32 Å². The van der Waals surface area contributed by atoms with E-state index in [0.717, 1.165) is 26.0 Å². The van der Waals surface area contributed by atoms with Crippen molar-refractivity contribution in [2.75, 3.05) is 13.2 Å². The molecule has 1 rings (SSSR count). The summed E-state index contributed by atoms with van der Waals surface area (Å²) in [6.07, 6.45) is 4.26. The van der Waals surface area contributed by atoms with Crippen LogP contribution in [0, 0.1) is 5.92 Å². The van der Waals surface area contributed by atoms with Gasteiger partial charge in [-0.25, -0.2) is 0 Å². The second-order valence-electron chi connectivity index (χ2n) is 5.83. The molecule has 1 N–H and O–H groups in total. The minimum atomic E-state index is 0.246. The summed E-state index contributed by atoms with van der Waals surface area (Å²) in [5.74, 6) is 0.694. The van der Waals surface area contributed by atoms with E-state index in [2.05, 4.69) is 39.9 Å². The molecule has 0 saturated heterocycles. The summed E-state index contributed by atoms with van der Waals surface area (Å²) in [4.78, 5) is 0. The van der Waals surface area contributed by atoms with Gasteiger partial charge in [0.05, 0.1) is 18.3 Å². The lowest BCUT2D eigenvalue weighted by Crippen LogP contribution is -2.60. The van der Waals surface area contributed by atoms with Gasteiger partial charge in [-0.2, -0.15) is 0 Å². The van der Waals surface area contributed by atoms with Gasteiger partial charge in [-0.3, -0.25) is 0 Å². The van der Waals surface area contributed by atoms with Crippen LogP contribution in [0.2, 0.25) is 0 Å². The minimum absolute atomic E-state index is 0.246. The molecule has 0 bridgehead atoms. The summed E-state index contributed by atoms with van der Waals surface area (Å²) < 4.78 is 11.9. The quantitative estimate of drug-likeness (QED) is 0.689. The smallest absolute Gasteiger partial charge is 0.0990 e. The lowest BCUT2D eigenvalue weighted by atomic mass is 9.84. The predicted molar refractivity (Wildman–Crippen MR) is 75.9 cm³/mol. The van der Waals surface area contributed by atoms with Crippen LogP contribution in [0.5, 0.6) is 0 Å². The van der Waals surface area contributed by atoms with E-state index >= 15 is 0 Å². The Hall–Kier alpha value is -0.120. The Kier molecular flexibility index (Phi) is 7.20. The SMILES string of the molecule is CCCNC1CC(OC(C)CC(C)C)C1OCC. The van der Waals surface area contributed by atoms with Gasteiger partial charge in [0.2, 0.25) is 0 Å². The van der Waals surface area contributed by atoms with E-state index < -0.39 is 0 Å². The van der Waals surface area contributed by atoms with E-state index in [4.69, 9.17) is 9.47 Å². The second-order valence-corrected chi connectivity index (χ2v) is 5.83. The Balaban J connectivity index is 2.33. The molecule has 3 heteroatoms. The van der Waals surface area contributed by atoms with E-state index in [-0.39, 0.29) is 12.2 Å². The average Bonchev–Trinajstić information content (AvgIpc) is 2.29. The zero-order valence-electron chi connectivity index (χ0n) is 12.7. The van der Waals surface area contributed by atoms with Gasteiger partial charge >= 0.3 is 0 Å². The third-order valence-electron chi connectivity index (χ3n) is 3.48. The van der Waals surface area contributed by atoms with Crippen LogP contribution in [0.25, 0.3) is 0 Å². The van der Waals surface area contributed by atoms with Crippen LogP contribution in [0.4, 0.5) is 0 Å². The summed E-state index contributed by atoms with van der Waals surface area (Å²) in [5, 5.41) is 3.54. The first kappa shape index (κ1) is 15.9. The highest BCUT2D eigenvalue weighted by atomic mass is 16.6. The molecular weight excluding hydrogens is 226 g/mol. The molecule has 3 nitrogen and oxygen atoms in total.